The van der Waals surface area contributed by atoms with Gasteiger partial charge in [-0.25, -0.2) is 4.98 Å². The Morgan fingerprint density at radius 1 is 1.29 bits per heavy atom. The topological polar surface area (TPSA) is 42.4 Å². The number of nitrogens with zero attached hydrogens (tertiary/aromatic N) is 2. The van der Waals surface area contributed by atoms with Gasteiger partial charge in [-0.1, -0.05) is 35.8 Å². The fourth-order valence-electron chi connectivity index (χ4n) is 3.65. The van der Waals surface area contributed by atoms with Gasteiger partial charge in [0.1, 0.15) is 0 Å². The van der Waals surface area contributed by atoms with Crippen LogP contribution in [0.25, 0.3) is 10.2 Å². The average molecular weight is 365 g/mol. The first-order valence-electron chi connectivity index (χ1n) is 8.70. The Morgan fingerprint density at radius 2 is 2.12 bits per heavy atom. The molecule has 128 valence electrons. The third-order valence-electron chi connectivity index (χ3n) is 4.95. The van der Waals surface area contributed by atoms with E-state index >= 15 is 0 Å². The summed E-state index contributed by atoms with van der Waals surface area (Å²) in [5.74, 6) is 0.357. The minimum absolute atomic E-state index is 0.131. The molecule has 0 N–H and O–H groups in total. The number of amides is 1. The molecule has 2 heterocycles. The molecule has 2 fully saturated rings. The van der Waals surface area contributed by atoms with Crippen LogP contribution in [0.15, 0.2) is 18.2 Å². The van der Waals surface area contributed by atoms with Crippen LogP contribution in [-0.2, 0) is 9.53 Å². The lowest BCUT2D eigenvalue weighted by atomic mass is 10.1. The zero-order chi connectivity index (χ0) is 16.5. The van der Waals surface area contributed by atoms with E-state index in [1.165, 1.54) is 0 Å². The number of thiazole rings is 1. The summed E-state index contributed by atoms with van der Waals surface area (Å²) in [6.45, 7) is 1.41. The summed E-state index contributed by atoms with van der Waals surface area (Å²) < 4.78 is 6.80. The molecule has 2 aliphatic rings. The van der Waals surface area contributed by atoms with Gasteiger partial charge in [-0.2, -0.15) is 0 Å². The lowest BCUT2D eigenvalue weighted by molar-refractivity contribution is -0.122. The number of hydrogen-bond acceptors (Lipinski definition) is 4. The van der Waals surface area contributed by atoms with Crippen LogP contribution in [0, 0.1) is 5.92 Å². The number of carbonyl (C=O) groups is 1. The number of rotatable bonds is 4. The van der Waals surface area contributed by atoms with Gasteiger partial charge in [0.15, 0.2) is 5.13 Å². The second-order valence-corrected chi connectivity index (χ2v) is 8.12. The third kappa shape index (κ3) is 3.30. The Bertz CT molecular complexity index is 736. The van der Waals surface area contributed by atoms with E-state index in [1.807, 2.05) is 23.1 Å². The monoisotopic (exact) mass is 364 g/mol. The second-order valence-electron chi connectivity index (χ2n) is 6.67. The van der Waals surface area contributed by atoms with E-state index in [2.05, 4.69) is 0 Å². The van der Waals surface area contributed by atoms with Crippen LogP contribution in [0.1, 0.15) is 38.5 Å². The second kappa shape index (κ2) is 6.98. The largest absolute Gasteiger partial charge is 0.376 e. The van der Waals surface area contributed by atoms with Crippen molar-refractivity contribution < 1.29 is 9.53 Å². The number of carbonyl (C=O) groups excluding carboxylic acids is 1. The Labute approximate surface area is 150 Å². The maximum atomic E-state index is 13.1. The molecular weight excluding hydrogens is 344 g/mol. The molecule has 6 heteroatoms. The van der Waals surface area contributed by atoms with Crippen molar-refractivity contribution in [3.63, 3.8) is 0 Å². The predicted molar refractivity (Wildman–Crippen MR) is 97.9 cm³/mol. The third-order valence-corrected chi connectivity index (χ3v) is 6.23. The number of benzene rings is 1. The van der Waals surface area contributed by atoms with Crippen LogP contribution in [0.4, 0.5) is 5.13 Å². The van der Waals surface area contributed by atoms with Crippen LogP contribution in [0.3, 0.4) is 0 Å². The van der Waals surface area contributed by atoms with Crippen LogP contribution >= 0.6 is 22.9 Å². The standard InChI is InChI=1S/C18H21ClN2O2S/c19-13-7-8-15-16(10-13)24-18(20-15)21(11-14-6-3-9-23-14)17(22)12-4-1-2-5-12/h7-8,10,12,14H,1-6,9,11H2. The number of aromatic nitrogens is 1. The maximum absolute atomic E-state index is 13.1. The minimum atomic E-state index is 0.131. The van der Waals surface area contributed by atoms with Gasteiger partial charge >= 0.3 is 0 Å². The van der Waals surface area contributed by atoms with Gasteiger partial charge in [0.05, 0.1) is 22.9 Å². The van der Waals surface area contributed by atoms with Crippen molar-refractivity contribution in [2.45, 2.75) is 44.6 Å². The first kappa shape index (κ1) is 16.3. The van der Waals surface area contributed by atoms with Gasteiger partial charge < -0.3 is 4.74 Å². The van der Waals surface area contributed by atoms with Crippen molar-refractivity contribution in [3.05, 3.63) is 23.2 Å². The number of hydrogen-bond donors (Lipinski definition) is 0. The molecule has 1 aliphatic heterocycles. The van der Waals surface area contributed by atoms with E-state index in [-0.39, 0.29) is 17.9 Å². The molecule has 1 atom stereocenters. The summed E-state index contributed by atoms with van der Waals surface area (Å²) in [4.78, 5) is 19.7. The first-order chi connectivity index (χ1) is 11.7. The molecule has 4 nitrogen and oxygen atoms in total. The summed E-state index contributed by atoms with van der Waals surface area (Å²) in [5, 5.41) is 1.48. The molecule has 24 heavy (non-hydrogen) atoms. The lowest BCUT2D eigenvalue weighted by Crippen LogP contribution is -2.40. The smallest absolute Gasteiger partial charge is 0.231 e. The Morgan fingerprint density at radius 3 is 2.88 bits per heavy atom. The van der Waals surface area contributed by atoms with Crippen LogP contribution in [0.2, 0.25) is 5.02 Å². The van der Waals surface area contributed by atoms with E-state index in [1.54, 1.807) is 11.3 Å². The van der Waals surface area contributed by atoms with Gasteiger partial charge in [0.25, 0.3) is 0 Å². The maximum Gasteiger partial charge on any atom is 0.231 e. The van der Waals surface area contributed by atoms with E-state index in [4.69, 9.17) is 21.3 Å². The van der Waals surface area contributed by atoms with Crippen LogP contribution in [0.5, 0.6) is 0 Å². The van der Waals surface area contributed by atoms with Crippen LogP contribution < -0.4 is 4.90 Å². The van der Waals surface area contributed by atoms with Gasteiger partial charge in [-0.05, 0) is 43.9 Å². The highest BCUT2D eigenvalue weighted by atomic mass is 35.5. The number of anilines is 1. The highest BCUT2D eigenvalue weighted by Gasteiger charge is 2.32. The van der Waals surface area contributed by atoms with E-state index in [9.17, 15) is 4.79 Å². The van der Waals surface area contributed by atoms with Gasteiger partial charge in [-0.3, -0.25) is 9.69 Å². The van der Waals surface area contributed by atoms with Gasteiger partial charge in [-0.15, -0.1) is 0 Å². The SMILES string of the molecule is O=C(C1CCCC1)N(CC1CCCO1)c1nc2ccc(Cl)cc2s1. The molecule has 1 aromatic carbocycles. The van der Waals surface area contributed by atoms with Gasteiger partial charge in [0, 0.05) is 17.5 Å². The highest BCUT2D eigenvalue weighted by Crippen LogP contribution is 2.34. The van der Waals surface area contributed by atoms with Crippen LogP contribution in [-0.4, -0.2) is 30.1 Å². The zero-order valence-corrected chi connectivity index (χ0v) is 15.1. The first-order valence-corrected chi connectivity index (χ1v) is 9.89. The summed E-state index contributed by atoms with van der Waals surface area (Å²) in [6.07, 6.45) is 6.52. The molecule has 4 rings (SSSR count). The lowest BCUT2D eigenvalue weighted by Gasteiger charge is -2.25. The number of fused-ring (bicyclic) bond motifs is 1. The molecule has 1 aliphatic carbocycles. The van der Waals surface area contributed by atoms with E-state index < -0.39 is 0 Å². The fraction of sp³-hybridized carbons (Fsp3) is 0.556. The van der Waals surface area contributed by atoms with E-state index in [0.717, 1.165) is 60.5 Å². The quantitative estimate of drug-likeness (QED) is 0.792. The summed E-state index contributed by atoms with van der Waals surface area (Å²) in [5.41, 5.74) is 0.899. The number of halogens is 1. The average Bonchev–Trinajstić information content (AvgIpc) is 3.31. The van der Waals surface area contributed by atoms with Crippen molar-refractivity contribution in [2.75, 3.05) is 18.1 Å². The van der Waals surface area contributed by atoms with Gasteiger partial charge in [0.2, 0.25) is 5.91 Å². The van der Waals surface area contributed by atoms with Crippen molar-refractivity contribution in [1.29, 1.82) is 0 Å². The molecule has 1 saturated carbocycles. The Balaban J connectivity index is 1.65. The molecule has 0 bridgehead atoms. The predicted octanol–water partition coefficient (Wildman–Crippen LogP) is 4.65. The van der Waals surface area contributed by atoms with Crippen molar-refractivity contribution in [3.8, 4) is 0 Å². The Kier molecular flexibility index (Phi) is 4.74. The molecule has 0 spiro atoms. The Hall–Kier alpha value is -1.17. The van der Waals surface area contributed by atoms with Crippen molar-refractivity contribution in [2.24, 2.45) is 5.92 Å². The normalized spacial score (nSPS) is 21.6. The molecule has 1 saturated heterocycles. The summed E-state index contributed by atoms with van der Waals surface area (Å²) in [7, 11) is 0. The zero-order valence-electron chi connectivity index (χ0n) is 13.5. The fourth-order valence-corrected chi connectivity index (χ4v) is 4.91. The molecule has 2 aromatic rings. The molecule has 1 unspecified atom stereocenters. The summed E-state index contributed by atoms with van der Waals surface area (Å²) >= 11 is 7.63. The summed E-state index contributed by atoms with van der Waals surface area (Å²) in [6, 6.07) is 5.68. The molecular formula is C18H21ClN2O2S. The van der Waals surface area contributed by atoms with Crippen molar-refractivity contribution in [1.82, 2.24) is 4.98 Å². The van der Waals surface area contributed by atoms with Crippen molar-refractivity contribution >= 4 is 44.2 Å². The molecule has 1 amide bonds. The minimum Gasteiger partial charge on any atom is -0.376 e. The number of ether oxygens (including phenoxy) is 1. The van der Waals surface area contributed by atoms with E-state index in [0.29, 0.717) is 11.6 Å². The molecule has 0 radical (unpaired) electrons. The molecule has 1 aromatic heterocycles. The highest BCUT2D eigenvalue weighted by molar-refractivity contribution is 7.22.